The molecule has 1 unspecified atom stereocenters. The van der Waals surface area contributed by atoms with E-state index in [1.54, 1.807) is 4.57 Å². The van der Waals surface area contributed by atoms with E-state index in [1.165, 1.54) is 5.57 Å². The lowest BCUT2D eigenvalue weighted by atomic mass is 9.96. The lowest BCUT2D eigenvalue weighted by molar-refractivity contribution is -0.549. The highest BCUT2D eigenvalue weighted by atomic mass is 16.1. The third-order valence-electron chi connectivity index (χ3n) is 3.91. The Labute approximate surface area is 110 Å². The maximum atomic E-state index is 12.4. The Morgan fingerprint density at radius 1 is 1.21 bits per heavy atom. The topological polar surface area (TPSA) is 25.9 Å². The van der Waals surface area contributed by atoms with Crippen molar-refractivity contribution >= 4 is 17.1 Å². The van der Waals surface area contributed by atoms with E-state index in [0.29, 0.717) is 0 Å². The van der Waals surface area contributed by atoms with E-state index < -0.39 is 0 Å². The Bertz CT molecular complexity index is 853. The molecule has 0 amide bonds. The number of allylic oxidation sites excluding steroid dienone is 5. The fraction of sp³-hybridized carbons (Fsp3) is 0.125. The number of aromatic nitrogens is 2. The summed E-state index contributed by atoms with van der Waals surface area (Å²) < 4.78 is 3.90. The van der Waals surface area contributed by atoms with Gasteiger partial charge in [0.25, 0.3) is 5.82 Å². The normalized spacial score (nSPS) is 19.4. The van der Waals surface area contributed by atoms with Crippen LogP contribution in [0.3, 0.4) is 0 Å². The van der Waals surface area contributed by atoms with E-state index in [9.17, 15) is 4.79 Å². The summed E-state index contributed by atoms with van der Waals surface area (Å²) >= 11 is 0. The van der Waals surface area contributed by atoms with Gasteiger partial charge < -0.3 is 0 Å². The molecule has 3 nitrogen and oxygen atoms in total. The maximum absolute atomic E-state index is 12.4. The Morgan fingerprint density at radius 2 is 2.05 bits per heavy atom. The average molecular weight is 249 g/mol. The second-order valence-electron chi connectivity index (χ2n) is 4.96. The van der Waals surface area contributed by atoms with Gasteiger partial charge in [0.2, 0.25) is 0 Å². The molecule has 2 aromatic rings. The van der Waals surface area contributed by atoms with Crippen LogP contribution in [-0.4, -0.2) is 4.57 Å². The largest absolute Gasteiger partial charge is 0.345 e. The van der Waals surface area contributed by atoms with E-state index in [0.717, 1.165) is 16.7 Å². The van der Waals surface area contributed by atoms with Crippen LogP contribution in [0.15, 0.2) is 58.9 Å². The number of para-hydroxylation sites is 1. The number of hydrogen-bond acceptors (Lipinski definition) is 1. The van der Waals surface area contributed by atoms with E-state index in [4.69, 9.17) is 0 Å². The highest BCUT2D eigenvalue weighted by Gasteiger charge is 2.34. The van der Waals surface area contributed by atoms with E-state index in [1.807, 2.05) is 43.5 Å². The summed E-state index contributed by atoms with van der Waals surface area (Å²) in [6.07, 6.45) is 10.4. The molecule has 2 heterocycles. The number of rotatable bonds is 0. The minimum Gasteiger partial charge on any atom is -0.241 e. The van der Waals surface area contributed by atoms with E-state index >= 15 is 0 Å². The highest BCUT2D eigenvalue weighted by Crippen LogP contribution is 2.31. The third kappa shape index (κ3) is 1.27. The van der Waals surface area contributed by atoms with Crippen LogP contribution in [0.5, 0.6) is 0 Å². The lowest BCUT2D eigenvalue weighted by Crippen LogP contribution is -2.39. The summed E-state index contributed by atoms with van der Waals surface area (Å²) in [6, 6.07) is 7.77. The molecule has 1 atom stereocenters. The molecule has 1 aromatic carbocycles. The standard InChI is InChI=1S/C16H13N2O/c1-17-15-12-7-3-2-6-11(12)10-18(15)14-9-5-4-8-13(14)16(17)19/h2-10,12H,1H3/q+1. The van der Waals surface area contributed by atoms with Crippen molar-refractivity contribution in [2.24, 2.45) is 7.05 Å². The van der Waals surface area contributed by atoms with Crippen molar-refractivity contribution in [1.29, 1.82) is 0 Å². The van der Waals surface area contributed by atoms with Crippen LogP contribution in [0.2, 0.25) is 0 Å². The highest BCUT2D eigenvalue weighted by molar-refractivity contribution is 5.75. The van der Waals surface area contributed by atoms with Gasteiger partial charge in [0.1, 0.15) is 23.0 Å². The zero-order chi connectivity index (χ0) is 13.0. The minimum absolute atomic E-state index is 0.0689. The van der Waals surface area contributed by atoms with Crippen molar-refractivity contribution in [3.05, 3.63) is 70.3 Å². The van der Waals surface area contributed by atoms with E-state index in [-0.39, 0.29) is 11.5 Å². The van der Waals surface area contributed by atoms with Gasteiger partial charge in [0.15, 0.2) is 0 Å². The maximum Gasteiger partial charge on any atom is 0.345 e. The quantitative estimate of drug-likeness (QED) is 0.655. The van der Waals surface area contributed by atoms with Gasteiger partial charge >= 0.3 is 5.56 Å². The van der Waals surface area contributed by atoms with Crippen molar-refractivity contribution in [3.8, 4) is 0 Å². The molecule has 0 bridgehead atoms. The predicted molar refractivity (Wildman–Crippen MR) is 74.7 cm³/mol. The van der Waals surface area contributed by atoms with Crippen molar-refractivity contribution < 1.29 is 4.57 Å². The van der Waals surface area contributed by atoms with Crippen molar-refractivity contribution in [3.63, 3.8) is 0 Å². The average Bonchev–Trinajstić information content (AvgIpc) is 2.84. The van der Waals surface area contributed by atoms with Crippen molar-refractivity contribution in [2.45, 2.75) is 5.92 Å². The molecule has 0 N–H and O–H groups in total. The second kappa shape index (κ2) is 3.54. The van der Waals surface area contributed by atoms with Gasteiger partial charge in [0.05, 0.1) is 7.05 Å². The van der Waals surface area contributed by atoms with Crippen LogP contribution in [-0.2, 0) is 7.05 Å². The Kier molecular flexibility index (Phi) is 1.96. The van der Waals surface area contributed by atoms with E-state index in [2.05, 4.69) is 22.9 Å². The van der Waals surface area contributed by atoms with Gasteiger partial charge in [-0.3, -0.25) is 0 Å². The first-order chi connectivity index (χ1) is 9.27. The van der Waals surface area contributed by atoms with Crippen molar-refractivity contribution in [2.75, 3.05) is 0 Å². The summed E-state index contributed by atoms with van der Waals surface area (Å²) in [4.78, 5) is 12.4. The number of nitrogens with zero attached hydrogens (tertiary/aromatic N) is 2. The molecule has 19 heavy (non-hydrogen) atoms. The van der Waals surface area contributed by atoms with Crippen LogP contribution in [0, 0.1) is 0 Å². The molecule has 1 aliphatic carbocycles. The fourth-order valence-corrected chi connectivity index (χ4v) is 2.99. The molecule has 0 saturated carbocycles. The van der Waals surface area contributed by atoms with Gasteiger partial charge in [-0.15, -0.1) is 0 Å². The molecule has 1 aliphatic heterocycles. The monoisotopic (exact) mass is 249 g/mol. The van der Waals surface area contributed by atoms with Crippen LogP contribution < -0.4 is 10.1 Å². The first kappa shape index (κ1) is 10.5. The Morgan fingerprint density at radius 3 is 2.95 bits per heavy atom. The van der Waals surface area contributed by atoms with Gasteiger partial charge in [-0.25, -0.2) is 9.36 Å². The first-order valence-electron chi connectivity index (χ1n) is 6.37. The van der Waals surface area contributed by atoms with Gasteiger partial charge in [-0.1, -0.05) is 36.4 Å². The molecule has 1 aromatic heterocycles. The van der Waals surface area contributed by atoms with Crippen LogP contribution >= 0.6 is 0 Å². The molecular formula is C16H13N2O+. The molecule has 0 spiro atoms. The smallest absolute Gasteiger partial charge is 0.241 e. The fourth-order valence-electron chi connectivity index (χ4n) is 2.99. The summed E-state index contributed by atoms with van der Waals surface area (Å²) in [5, 5.41) is 0.761. The van der Waals surface area contributed by atoms with Crippen molar-refractivity contribution in [1.82, 2.24) is 4.57 Å². The van der Waals surface area contributed by atoms with Gasteiger partial charge in [-0.05, 0) is 12.1 Å². The number of hydrogen-bond donors (Lipinski definition) is 0. The van der Waals surface area contributed by atoms with Crippen LogP contribution in [0.25, 0.3) is 17.1 Å². The molecule has 0 saturated heterocycles. The first-order valence-corrected chi connectivity index (χ1v) is 6.37. The Balaban J connectivity index is 2.19. The molecule has 0 fully saturated rings. The molecular weight excluding hydrogens is 236 g/mol. The summed E-state index contributed by atoms with van der Waals surface area (Å²) in [5.74, 6) is 1.21. The lowest BCUT2D eigenvalue weighted by Gasteiger charge is -2.09. The van der Waals surface area contributed by atoms with Gasteiger partial charge in [-0.2, -0.15) is 4.57 Å². The Hall–Kier alpha value is -2.42. The number of benzene rings is 1. The third-order valence-corrected chi connectivity index (χ3v) is 3.91. The SMILES string of the molecule is Cn1c2[n+](c3ccccc3c1=O)C=C1C=CC=CC12. The molecule has 92 valence electrons. The summed E-state index contributed by atoms with van der Waals surface area (Å²) in [5.41, 5.74) is 2.28. The van der Waals surface area contributed by atoms with Gasteiger partial charge in [0, 0.05) is 5.57 Å². The zero-order valence-electron chi connectivity index (χ0n) is 10.6. The second-order valence-corrected chi connectivity index (χ2v) is 4.96. The molecule has 4 rings (SSSR count). The molecule has 0 radical (unpaired) electrons. The number of fused-ring (bicyclic) bond motifs is 5. The zero-order valence-corrected chi connectivity index (χ0v) is 10.6. The summed E-state index contributed by atoms with van der Waals surface area (Å²) in [7, 11) is 1.85. The van der Waals surface area contributed by atoms with Crippen LogP contribution in [0.1, 0.15) is 11.7 Å². The molecule has 3 heteroatoms. The van der Waals surface area contributed by atoms with Crippen LogP contribution in [0.4, 0.5) is 0 Å². The molecule has 2 aliphatic rings. The summed E-state index contributed by atoms with van der Waals surface area (Å²) in [6.45, 7) is 0. The minimum atomic E-state index is 0.0689. The predicted octanol–water partition coefficient (Wildman–Crippen LogP) is 1.89.